The Balaban J connectivity index is 3.91. The molecule has 0 aromatic carbocycles. The fraction of sp³-hybridized carbons (Fsp3) is 0.905. The highest BCUT2D eigenvalue weighted by Gasteiger charge is 2.15. The monoisotopic (exact) mass is 356 g/mol. The summed E-state index contributed by atoms with van der Waals surface area (Å²) in [7, 11) is 0. The van der Waals surface area contributed by atoms with Crippen molar-refractivity contribution in [3.8, 4) is 0 Å². The van der Waals surface area contributed by atoms with Crippen molar-refractivity contribution in [2.45, 2.75) is 123 Å². The molecule has 4 heteroatoms. The summed E-state index contributed by atoms with van der Waals surface area (Å²) >= 11 is 0. The molecule has 4 nitrogen and oxygen atoms in total. The van der Waals surface area contributed by atoms with Crippen LogP contribution >= 0.6 is 0 Å². The highest BCUT2D eigenvalue weighted by Crippen LogP contribution is 2.14. The van der Waals surface area contributed by atoms with Crippen LogP contribution in [0.4, 0.5) is 0 Å². The Labute approximate surface area is 155 Å². The Hall–Kier alpha value is -1.06. The van der Waals surface area contributed by atoms with Crippen LogP contribution in [0.1, 0.15) is 111 Å². The molecule has 2 atom stereocenters. The Morgan fingerprint density at radius 3 is 1.36 bits per heavy atom. The van der Waals surface area contributed by atoms with E-state index in [9.17, 15) is 9.59 Å². The summed E-state index contributed by atoms with van der Waals surface area (Å²) in [5.74, 6) is -0.378. The van der Waals surface area contributed by atoms with Crippen molar-refractivity contribution in [2.24, 2.45) is 0 Å². The topological polar surface area (TPSA) is 52.6 Å². The molecule has 0 bridgehead atoms. The first-order valence-corrected chi connectivity index (χ1v) is 10.5. The molecule has 0 amide bonds. The highest BCUT2D eigenvalue weighted by atomic mass is 16.5. The van der Waals surface area contributed by atoms with Gasteiger partial charge in [0.05, 0.1) is 0 Å². The van der Waals surface area contributed by atoms with E-state index in [0.717, 1.165) is 38.5 Å². The van der Waals surface area contributed by atoms with Crippen molar-refractivity contribution < 1.29 is 19.1 Å². The van der Waals surface area contributed by atoms with Crippen LogP contribution in [0.2, 0.25) is 0 Å². The third kappa shape index (κ3) is 13.9. The van der Waals surface area contributed by atoms with E-state index in [2.05, 4.69) is 13.8 Å². The van der Waals surface area contributed by atoms with E-state index in [1.54, 1.807) is 0 Å². The van der Waals surface area contributed by atoms with Gasteiger partial charge in [0.2, 0.25) is 0 Å². The molecular weight excluding hydrogens is 316 g/mol. The van der Waals surface area contributed by atoms with Gasteiger partial charge in [-0.2, -0.15) is 0 Å². The minimum Gasteiger partial charge on any atom is -0.462 e. The van der Waals surface area contributed by atoms with E-state index >= 15 is 0 Å². The van der Waals surface area contributed by atoms with E-state index < -0.39 is 0 Å². The molecule has 0 saturated carbocycles. The van der Waals surface area contributed by atoms with Crippen LogP contribution in [0.15, 0.2) is 0 Å². The maximum Gasteiger partial charge on any atom is 0.306 e. The molecule has 0 aromatic rings. The molecule has 148 valence electrons. The summed E-state index contributed by atoms with van der Waals surface area (Å²) in [5.41, 5.74) is 0. The smallest absolute Gasteiger partial charge is 0.306 e. The van der Waals surface area contributed by atoms with Gasteiger partial charge in [0, 0.05) is 12.8 Å². The number of esters is 2. The number of unbranched alkanes of at least 4 members (excludes halogenated alkanes) is 4. The minimum atomic E-state index is -0.189. The molecule has 0 aliphatic heterocycles. The molecule has 0 aliphatic rings. The molecule has 0 N–H and O–H groups in total. The molecule has 0 aliphatic carbocycles. The van der Waals surface area contributed by atoms with E-state index in [4.69, 9.17) is 9.47 Å². The first-order chi connectivity index (χ1) is 12.1. The number of carbonyl (C=O) groups is 2. The predicted octanol–water partition coefficient (Wildman–Crippen LogP) is 5.96. The second-order valence-electron chi connectivity index (χ2n) is 6.89. The first kappa shape index (κ1) is 23.9. The molecule has 0 spiro atoms. The molecule has 2 unspecified atom stereocenters. The lowest BCUT2D eigenvalue weighted by Gasteiger charge is -2.17. The van der Waals surface area contributed by atoms with Crippen molar-refractivity contribution in [3.05, 3.63) is 0 Å². The fourth-order valence-electron chi connectivity index (χ4n) is 2.80. The summed E-state index contributed by atoms with van der Waals surface area (Å²) in [4.78, 5) is 23.8. The van der Waals surface area contributed by atoms with Crippen LogP contribution in [0.3, 0.4) is 0 Å². The molecule has 0 radical (unpaired) electrons. The normalized spacial score (nSPS) is 13.3. The number of ether oxygens (including phenoxy) is 2. The Morgan fingerprint density at radius 2 is 1.04 bits per heavy atom. The van der Waals surface area contributed by atoms with Gasteiger partial charge in [-0.25, -0.2) is 0 Å². The quantitative estimate of drug-likeness (QED) is 0.253. The van der Waals surface area contributed by atoms with E-state index in [-0.39, 0.29) is 24.1 Å². The minimum absolute atomic E-state index is 0.0223. The summed E-state index contributed by atoms with van der Waals surface area (Å²) in [6, 6.07) is 0. The molecular formula is C21H40O4. The Kier molecular flexibility index (Phi) is 15.7. The van der Waals surface area contributed by atoms with Gasteiger partial charge in [0.15, 0.2) is 0 Å². The summed E-state index contributed by atoms with van der Waals surface area (Å²) in [6.07, 6.45) is 11.6. The maximum absolute atomic E-state index is 11.9. The molecule has 0 aromatic heterocycles. The van der Waals surface area contributed by atoms with Crippen LogP contribution in [-0.2, 0) is 19.1 Å². The largest absolute Gasteiger partial charge is 0.462 e. The van der Waals surface area contributed by atoms with Gasteiger partial charge in [-0.15, -0.1) is 0 Å². The Bertz CT molecular complexity index is 309. The highest BCUT2D eigenvalue weighted by molar-refractivity contribution is 5.72. The van der Waals surface area contributed by atoms with Gasteiger partial charge in [-0.05, 0) is 44.9 Å². The van der Waals surface area contributed by atoms with E-state index in [1.807, 2.05) is 13.8 Å². The third-order valence-corrected chi connectivity index (χ3v) is 4.53. The van der Waals surface area contributed by atoms with Crippen LogP contribution < -0.4 is 0 Å². The van der Waals surface area contributed by atoms with E-state index in [1.165, 1.54) is 25.7 Å². The van der Waals surface area contributed by atoms with Gasteiger partial charge in [0.25, 0.3) is 0 Å². The number of hydrogen-bond acceptors (Lipinski definition) is 4. The van der Waals surface area contributed by atoms with E-state index in [0.29, 0.717) is 19.3 Å². The molecule has 0 rings (SSSR count). The Morgan fingerprint density at radius 1 is 0.640 bits per heavy atom. The van der Waals surface area contributed by atoms with Crippen molar-refractivity contribution >= 4 is 11.9 Å². The van der Waals surface area contributed by atoms with Crippen molar-refractivity contribution in [1.29, 1.82) is 0 Å². The zero-order valence-corrected chi connectivity index (χ0v) is 17.0. The molecule has 0 fully saturated rings. The predicted molar refractivity (Wildman–Crippen MR) is 102 cm³/mol. The zero-order valence-electron chi connectivity index (χ0n) is 17.0. The molecule has 0 saturated heterocycles. The van der Waals surface area contributed by atoms with Gasteiger partial charge in [-0.1, -0.05) is 53.4 Å². The second kappa shape index (κ2) is 16.4. The lowest BCUT2D eigenvalue weighted by Crippen LogP contribution is -2.19. The number of carbonyl (C=O) groups excluding carboxylic acids is 2. The maximum atomic E-state index is 11.9. The second-order valence-corrected chi connectivity index (χ2v) is 6.89. The summed E-state index contributed by atoms with van der Waals surface area (Å²) < 4.78 is 11.0. The van der Waals surface area contributed by atoms with Crippen LogP contribution in [0, 0.1) is 0 Å². The van der Waals surface area contributed by atoms with Gasteiger partial charge in [0.1, 0.15) is 12.2 Å². The van der Waals surface area contributed by atoms with Crippen LogP contribution in [-0.4, -0.2) is 24.1 Å². The van der Waals surface area contributed by atoms with Gasteiger partial charge >= 0.3 is 11.9 Å². The molecule has 25 heavy (non-hydrogen) atoms. The van der Waals surface area contributed by atoms with Gasteiger partial charge in [-0.3, -0.25) is 9.59 Å². The molecule has 0 heterocycles. The zero-order chi connectivity index (χ0) is 18.9. The first-order valence-electron chi connectivity index (χ1n) is 10.5. The summed E-state index contributed by atoms with van der Waals surface area (Å²) in [6.45, 7) is 8.42. The lowest BCUT2D eigenvalue weighted by molar-refractivity contribution is -0.151. The van der Waals surface area contributed by atoms with Gasteiger partial charge < -0.3 is 9.47 Å². The SMILES string of the molecule is CCCCCC(CC)OC(=O)CCCC(=O)OC(CC)CCCCC. The van der Waals surface area contributed by atoms with Crippen molar-refractivity contribution in [3.63, 3.8) is 0 Å². The van der Waals surface area contributed by atoms with Crippen LogP contribution in [0.25, 0.3) is 0 Å². The number of rotatable bonds is 16. The average molecular weight is 357 g/mol. The fourth-order valence-corrected chi connectivity index (χ4v) is 2.80. The average Bonchev–Trinajstić information content (AvgIpc) is 2.60. The standard InChI is InChI=1S/C21H40O4/c1-5-9-11-14-18(7-3)24-20(22)16-13-17-21(23)25-19(8-4)15-12-10-6-2/h18-19H,5-17H2,1-4H3. The lowest BCUT2D eigenvalue weighted by atomic mass is 10.1. The van der Waals surface area contributed by atoms with Crippen molar-refractivity contribution in [1.82, 2.24) is 0 Å². The summed E-state index contributed by atoms with van der Waals surface area (Å²) in [5, 5.41) is 0. The number of hydrogen-bond donors (Lipinski definition) is 0. The van der Waals surface area contributed by atoms with Crippen molar-refractivity contribution in [2.75, 3.05) is 0 Å². The van der Waals surface area contributed by atoms with Crippen LogP contribution in [0.5, 0.6) is 0 Å². The third-order valence-electron chi connectivity index (χ3n) is 4.53.